The first-order chi connectivity index (χ1) is 9.10. The first kappa shape index (κ1) is 14.9. The van der Waals surface area contributed by atoms with Gasteiger partial charge in [-0.1, -0.05) is 55.3 Å². The number of alkyl halides is 1. The molecule has 19 heavy (non-hydrogen) atoms. The zero-order valence-corrected chi connectivity index (χ0v) is 13.9. The maximum Gasteiger partial charge on any atom is 0.119 e. The van der Waals surface area contributed by atoms with Gasteiger partial charge in [0, 0.05) is 10.2 Å². The van der Waals surface area contributed by atoms with Crippen LogP contribution in [-0.4, -0.2) is 10.9 Å². The van der Waals surface area contributed by atoms with Crippen LogP contribution < -0.4 is 4.74 Å². The smallest absolute Gasteiger partial charge is 0.119 e. The molecule has 1 fully saturated rings. The Bertz CT molecular complexity index is 400. The van der Waals surface area contributed by atoms with Crippen LogP contribution in [-0.2, 0) is 6.42 Å². The van der Waals surface area contributed by atoms with E-state index in [9.17, 15) is 0 Å². The van der Waals surface area contributed by atoms with Gasteiger partial charge in [-0.25, -0.2) is 0 Å². The molecule has 0 spiro atoms. The Morgan fingerprint density at radius 3 is 2.47 bits per heavy atom. The highest BCUT2D eigenvalue weighted by Gasteiger charge is 2.50. The topological polar surface area (TPSA) is 9.23 Å². The van der Waals surface area contributed by atoms with Crippen molar-refractivity contribution < 1.29 is 4.74 Å². The van der Waals surface area contributed by atoms with Crippen LogP contribution in [0.5, 0.6) is 5.75 Å². The van der Waals surface area contributed by atoms with Crippen molar-refractivity contribution in [2.24, 2.45) is 5.41 Å². The zero-order chi connectivity index (χ0) is 13.9. The molecule has 1 nitrogen and oxygen atoms in total. The molecule has 1 aromatic rings. The Balaban J connectivity index is 1.93. The Hall–Kier alpha value is -0.500. The van der Waals surface area contributed by atoms with Gasteiger partial charge in [0.25, 0.3) is 0 Å². The largest absolute Gasteiger partial charge is 0.490 e. The SMILES string of the molecule is CCCCc1ccc(OC2CC(Br)C2(C)CC)cc1. The molecule has 1 aliphatic carbocycles. The van der Waals surface area contributed by atoms with E-state index in [0.29, 0.717) is 10.9 Å². The van der Waals surface area contributed by atoms with Crippen molar-refractivity contribution in [3.05, 3.63) is 29.8 Å². The summed E-state index contributed by atoms with van der Waals surface area (Å²) in [4.78, 5) is 0.596. The zero-order valence-electron chi connectivity index (χ0n) is 12.3. The van der Waals surface area contributed by atoms with Crippen molar-refractivity contribution in [1.29, 1.82) is 0 Å². The minimum atomic E-state index is 0.279. The summed E-state index contributed by atoms with van der Waals surface area (Å²) in [5.41, 5.74) is 1.69. The molecule has 0 aromatic heterocycles. The highest BCUT2D eigenvalue weighted by Crippen LogP contribution is 2.50. The highest BCUT2D eigenvalue weighted by atomic mass is 79.9. The summed E-state index contributed by atoms with van der Waals surface area (Å²) >= 11 is 3.76. The van der Waals surface area contributed by atoms with Crippen molar-refractivity contribution in [1.82, 2.24) is 0 Å². The summed E-state index contributed by atoms with van der Waals surface area (Å²) in [7, 11) is 0. The lowest BCUT2D eigenvalue weighted by Crippen LogP contribution is -2.54. The number of rotatable bonds is 6. The maximum absolute atomic E-state index is 6.16. The molecule has 106 valence electrons. The van der Waals surface area contributed by atoms with Gasteiger partial charge in [-0.2, -0.15) is 0 Å². The molecular formula is C17H25BrO. The number of ether oxygens (including phenoxy) is 1. The summed E-state index contributed by atoms with van der Waals surface area (Å²) in [5.74, 6) is 1.02. The minimum absolute atomic E-state index is 0.279. The molecule has 0 heterocycles. The number of unbranched alkanes of at least 4 members (excludes halogenated alkanes) is 1. The monoisotopic (exact) mass is 324 g/mol. The molecule has 0 radical (unpaired) electrons. The van der Waals surface area contributed by atoms with Gasteiger partial charge < -0.3 is 4.74 Å². The molecule has 0 N–H and O–H groups in total. The second kappa shape index (κ2) is 6.30. The predicted octanol–water partition coefficient (Wildman–Crippen LogP) is 5.36. The van der Waals surface area contributed by atoms with Crippen LogP contribution >= 0.6 is 15.9 Å². The quantitative estimate of drug-likeness (QED) is 0.640. The van der Waals surface area contributed by atoms with E-state index < -0.39 is 0 Å². The van der Waals surface area contributed by atoms with Crippen LogP contribution in [0.1, 0.15) is 52.0 Å². The van der Waals surface area contributed by atoms with Gasteiger partial charge in [0.05, 0.1) is 0 Å². The highest BCUT2D eigenvalue weighted by molar-refractivity contribution is 9.09. The molecule has 1 aliphatic rings. The van der Waals surface area contributed by atoms with E-state index in [2.05, 4.69) is 61.0 Å². The van der Waals surface area contributed by atoms with Crippen molar-refractivity contribution in [2.75, 3.05) is 0 Å². The van der Waals surface area contributed by atoms with E-state index in [0.717, 1.165) is 18.6 Å². The predicted molar refractivity (Wildman–Crippen MR) is 85.2 cm³/mol. The number of aryl methyl sites for hydroxylation is 1. The van der Waals surface area contributed by atoms with E-state index >= 15 is 0 Å². The number of halogens is 1. The number of hydrogen-bond acceptors (Lipinski definition) is 1. The lowest BCUT2D eigenvalue weighted by Gasteiger charge is -2.50. The van der Waals surface area contributed by atoms with E-state index in [-0.39, 0.29) is 5.41 Å². The molecule has 1 aromatic carbocycles. The molecule has 0 amide bonds. The van der Waals surface area contributed by atoms with Crippen LogP contribution in [0.25, 0.3) is 0 Å². The van der Waals surface area contributed by atoms with Crippen molar-refractivity contribution in [3.63, 3.8) is 0 Å². The maximum atomic E-state index is 6.16. The van der Waals surface area contributed by atoms with Crippen molar-refractivity contribution in [2.45, 2.75) is 63.8 Å². The summed E-state index contributed by atoms with van der Waals surface area (Å²) in [6.45, 7) is 6.80. The summed E-state index contributed by atoms with van der Waals surface area (Å²) in [6.07, 6.45) is 6.31. The molecular weight excluding hydrogens is 300 g/mol. The van der Waals surface area contributed by atoms with Gasteiger partial charge >= 0.3 is 0 Å². The summed E-state index contributed by atoms with van der Waals surface area (Å²) in [5, 5.41) is 0. The Morgan fingerprint density at radius 1 is 1.26 bits per heavy atom. The first-order valence-electron chi connectivity index (χ1n) is 7.49. The van der Waals surface area contributed by atoms with E-state index in [1.54, 1.807) is 0 Å². The van der Waals surface area contributed by atoms with Crippen LogP contribution in [0.3, 0.4) is 0 Å². The fourth-order valence-electron chi connectivity index (χ4n) is 2.68. The van der Waals surface area contributed by atoms with E-state index in [1.807, 2.05) is 0 Å². The average Bonchev–Trinajstić information content (AvgIpc) is 2.45. The second-order valence-electron chi connectivity index (χ2n) is 5.92. The summed E-state index contributed by atoms with van der Waals surface area (Å²) < 4.78 is 6.16. The Morgan fingerprint density at radius 2 is 1.95 bits per heavy atom. The normalized spacial score (nSPS) is 29.9. The Kier molecular flexibility index (Phi) is 4.94. The molecule has 3 unspecified atom stereocenters. The van der Waals surface area contributed by atoms with Crippen LogP contribution in [0, 0.1) is 5.41 Å². The van der Waals surface area contributed by atoms with Gasteiger partial charge in [-0.15, -0.1) is 0 Å². The number of hydrogen-bond donors (Lipinski definition) is 0. The molecule has 0 saturated heterocycles. The van der Waals surface area contributed by atoms with Crippen molar-refractivity contribution >= 4 is 15.9 Å². The minimum Gasteiger partial charge on any atom is -0.490 e. The van der Waals surface area contributed by atoms with Crippen LogP contribution in [0.15, 0.2) is 24.3 Å². The molecule has 2 heteroatoms. The van der Waals surface area contributed by atoms with Gasteiger partial charge in [-0.3, -0.25) is 0 Å². The molecule has 3 atom stereocenters. The van der Waals surface area contributed by atoms with Gasteiger partial charge in [0.1, 0.15) is 11.9 Å². The van der Waals surface area contributed by atoms with E-state index in [4.69, 9.17) is 4.74 Å². The second-order valence-corrected chi connectivity index (χ2v) is 7.02. The molecule has 0 bridgehead atoms. The lowest BCUT2D eigenvalue weighted by molar-refractivity contribution is -0.0243. The number of benzene rings is 1. The fraction of sp³-hybridized carbons (Fsp3) is 0.647. The van der Waals surface area contributed by atoms with Gasteiger partial charge in [-0.05, 0) is 43.4 Å². The van der Waals surface area contributed by atoms with E-state index in [1.165, 1.54) is 24.8 Å². The third-order valence-corrected chi connectivity index (χ3v) is 6.07. The summed E-state index contributed by atoms with van der Waals surface area (Å²) in [6, 6.07) is 8.67. The molecule has 2 rings (SSSR count). The Labute approximate surface area is 125 Å². The third kappa shape index (κ3) is 3.16. The molecule has 1 saturated carbocycles. The fourth-order valence-corrected chi connectivity index (χ4v) is 3.64. The molecule has 0 aliphatic heterocycles. The van der Waals surface area contributed by atoms with Crippen LogP contribution in [0.4, 0.5) is 0 Å². The van der Waals surface area contributed by atoms with Gasteiger partial charge in [0.2, 0.25) is 0 Å². The van der Waals surface area contributed by atoms with Gasteiger partial charge in [0.15, 0.2) is 0 Å². The average molecular weight is 325 g/mol. The first-order valence-corrected chi connectivity index (χ1v) is 8.41. The van der Waals surface area contributed by atoms with Crippen molar-refractivity contribution in [3.8, 4) is 5.75 Å². The standard InChI is InChI=1S/C17H25BrO/c1-4-6-7-13-8-10-14(11-9-13)19-16-12-15(18)17(16,3)5-2/h8-11,15-16H,4-7,12H2,1-3H3. The van der Waals surface area contributed by atoms with Crippen LogP contribution in [0.2, 0.25) is 0 Å². The third-order valence-electron chi connectivity index (χ3n) is 4.65. The lowest BCUT2D eigenvalue weighted by atomic mass is 9.65.